The highest BCUT2D eigenvalue weighted by atomic mass is 127. The number of carbonyl (C=O) groups is 1. The molecule has 2 rings (SSSR count). The number of halogens is 1. The van der Waals surface area contributed by atoms with Gasteiger partial charge in [0, 0.05) is 0 Å². The lowest BCUT2D eigenvalue weighted by molar-refractivity contribution is 0.0599. The predicted molar refractivity (Wildman–Crippen MR) is 76.6 cm³/mol. The fraction of sp³-hybridized carbons (Fsp3) is 0.231. The van der Waals surface area contributed by atoms with E-state index in [0.29, 0.717) is 11.3 Å². The van der Waals surface area contributed by atoms with Crippen molar-refractivity contribution >= 4 is 36.3 Å². The highest BCUT2D eigenvalue weighted by Crippen LogP contribution is 2.26. The van der Waals surface area contributed by atoms with E-state index in [-0.39, 0.29) is 26.7 Å². The molecule has 3 nitrogen and oxygen atoms in total. The van der Waals surface area contributed by atoms with E-state index in [1.165, 1.54) is 7.11 Å². The average Bonchev–Trinajstić information content (AvgIpc) is 2.57. The summed E-state index contributed by atoms with van der Waals surface area (Å²) in [5.41, 5.74) is 1.61. The maximum absolute atomic E-state index is 11.5. The van der Waals surface area contributed by atoms with Crippen LogP contribution in [-0.4, -0.2) is 17.1 Å². The van der Waals surface area contributed by atoms with Crippen LogP contribution in [0.2, 0.25) is 0 Å². The van der Waals surface area contributed by atoms with Gasteiger partial charge in [0.25, 0.3) is 0 Å². The van der Waals surface area contributed by atoms with Crippen LogP contribution >= 0.6 is 20.7 Å². The third-order valence-electron chi connectivity index (χ3n) is 2.47. The van der Waals surface area contributed by atoms with Crippen LogP contribution in [0.25, 0.3) is 5.57 Å². The molecule has 0 bridgehead atoms. The molecule has 0 unspecified atom stereocenters. The predicted octanol–water partition coefficient (Wildman–Crippen LogP) is 3.45. The second-order valence-corrected chi connectivity index (χ2v) is 5.89. The van der Waals surface area contributed by atoms with Crippen molar-refractivity contribution in [1.29, 1.82) is 0 Å². The molecule has 2 heterocycles. The largest absolute Gasteiger partial charge is 0.465 e. The second kappa shape index (κ2) is 5.44. The number of carbonyl (C=O) groups excluding carboxylic acids is 1. The molecular formula is C13H13IO3. The molecule has 0 amide bonds. The van der Waals surface area contributed by atoms with Crippen molar-refractivity contribution in [2.24, 2.45) is 0 Å². The molecule has 0 atom stereocenters. The van der Waals surface area contributed by atoms with E-state index in [0.717, 1.165) is 17.8 Å². The quantitative estimate of drug-likeness (QED) is 0.609. The number of esters is 1. The third-order valence-corrected chi connectivity index (χ3v) is 4.25. The summed E-state index contributed by atoms with van der Waals surface area (Å²) >= 11 is 0.0601. The van der Waals surface area contributed by atoms with E-state index < -0.39 is 0 Å². The molecule has 0 aliphatic carbocycles. The smallest absolute Gasteiger partial charge is 0.341 e. The van der Waals surface area contributed by atoms with E-state index in [4.69, 9.17) is 9.15 Å². The van der Waals surface area contributed by atoms with Gasteiger partial charge < -0.3 is 9.15 Å². The zero-order chi connectivity index (χ0) is 12.3. The first-order chi connectivity index (χ1) is 8.22. The van der Waals surface area contributed by atoms with Gasteiger partial charge >= 0.3 is 5.97 Å². The molecule has 0 saturated carbocycles. The number of hydrogen-bond donors (Lipinski definition) is 0. The number of allylic oxidation sites excluding steroid dienone is 3. The van der Waals surface area contributed by atoms with Crippen LogP contribution in [0.5, 0.6) is 0 Å². The Kier molecular flexibility index (Phi) is 3.93. The highest BCUT2D eigenvalue weighted by Gasteiger charge is 2.16. The molecule has 17 heavy (non-hydrogen) atoms. The Hall–Kier alpha value is -1.17. The second-order valence-electron chi connectivity index (χ2n) is 3.57. The van der Waals surface area contributed by atoms with Crippen molar-refractivity contribution in [3.8, 4) is 0 Å². The normalized spacial score (nSPS) is 14.8. The first kappa shape index (κ1) is 12.3. The van der Waals surface area contributed by atoms with Gasteiger partial charge in [0.1, 0.15) is 17.1 Å². The summed E-state index contributed by atoms with van der Waals surface area (Å²) in [4.78, 5) is 11.5. The van der Waals surface area contributed by atoms with Crippen molar-refractivity contribution in [2.45, 2.75) is 13.3 Å². The Morgan fingerprint density at radius 2 is 2.35 bits per heavy atom. The maximum atomic E-state index is 11.5. The minimum absolute atomic E-state index is 0.0601. The molecule has 0 radical (unpaired) electrons. The zero-order valence-corrected chi connectivity index (χ0v) is 11.9. The standard InChI is InChI=1S/C13H13IO3/c1-9-11(13(15)16-2)8-12(17-9)10-4-3-6-14-7-5-10/h3-4,6-8H,5H2,1-2H3. The summed E-state index contributed by atoms with van der Waals surface area (Å²) in [5.74, 6) is 1.02. The van der Waals surface area contributed by atoms with Crippen LogP contribution in [0.15, 0.2) is 26.7 Å². The fourth-order valence-corrected chi connectivity index (χ4v) is 3.05. The zero-order valence-electron chi connectivity index (χ0n) is 9.70. The third kappa shape index (κ3) is 2.74. The van der Waals surface area contributed by atoms with Crippen molar-refractivity contribution in [3.05, 3.63) is 39.4 Å². The van der Waals surface area contributed by atoms with Crippen molar-refractivity contribution in [2.75, 3.05) is 7.11 Å². The molecule has 0 N–H and O–H groups in total. The number of aryl methyl sites for hydroxylation is 1. The molecule has 1 aliphatic heterocycles. The Bertz CT molecular complexity index is 521. The SMILES string of the molecule is COC(=O)c1cc(C2=CC=CI=CC2)oc1C. The first-order valence-corrected chi connectivity index (χ1v) is 7.70. The molecular weight excluding hydrogens is 331 g/mol. The first-order valence-electron chi connectivity index (χ1n) is 5.21. The summed E-state index contributed by atoms with van der Waals surface area (Å²) in [7, 11) is 1.38. The lowest BCUT2D eigenvalue weighted by Crippen LogP contribution is -2.00. The molecule has 0 spiro atoms. The minimum atomic E-state index is -0.348. The van der Waals surface area contributed by atoms with Crippen LogP contribution in [0.4, 0.5) is 0 Å². The molecule has 1 aromatic heterocycles. The number of ether oxygens (including phenoxy) is 1. The van der Waals surface area contributed by atoms with Gasteiger partial charge in [-0.3, -0.25) is 0 Å². The Morgan fingerprint density at radius 3 is 3.12 bits per heavy atom. The van der Waals surface area contributed by atoms with Crippen LogP contribution < -0.4 is 0 Å². The topological polar surface area (TPSA) is 39.4 Å². The van der Waals surface area contributed by atoms with Crippen molar-refractivity contribution < 1.29 is 13.9 Å². The van der Waals surface area contributed by atoms with Crippen molar-refractivity contribution in [3.63, 3.8) is 0 Å². The van der Waals surface area contributed by atoms with Crippen LogP contribution in [0, 0.1) is 6.92 Å². The molecule has 0 fully saturated rings. The van der Waals surface area contributed by atoms with E-state index >= 15 is 0 Å². The molecule has 1 aliphatic rings. The molecule has 1 aromatic rings. The average molecular weight is 344 g/mol. The van der Waals surface area contributed by atoms with E-state index in [1.807, 2.05) is 6.08 Å². The lowest BCUT2D eigenvalue weighted by atomic mass is 10.1. The van der Waals surface area contributed by atoms with Crippen LogP contribution in [0.1, 0.15) is 28.3 Å². The van der Waals surface area contributed by atoms with Gasteiger partial charge in [0.2, 0.25) is 0 Å². The molecule has 0 saturated heterocycles. The Balaban J connectivity index is 2.34. The summed E-state index contributed by atoms with van der Waals surface area (Å²) in [6.07, 6.45) is 5.00. The number of furan rings is 1. The van der Waals surface area contributed by atoms with Gasteiger partial charge in [-0.15, -0.1) is 0 Å². The minimum Gasteiger partial charge on any atom is -0.465 e. The van der Waals surface area contributed by atoms with Gasteiger partial charge in [0.05, 0.1) is 7.11 Å². The van der Waals surface area contributed by atoms with E-state index in [2.05, 4.69) is 14.2 Å². The van der Waals surface area contributed by atoms with Gasteiger partial charge in [-0.25, -0.2) is 4.79 Å². The van der Waals surface area contributed by atoms with Gasteiger partial charge in [-0.1, -0.05) is 32.9 Å². The maximum Gasteiger partial charge on any atom is 0.341 e. The van der Waals surface area contributed by atoms with E-state index in [1.54, 1.807) is 13.0 Å². The number of rotatable bonds is 2. The van der Waals surface area contributed by atoms with Gasteiger partial charge in [0.15, 0.2) is 0 Å². The molecule has 4 heteroatoms. The molecule has 90 valence electrons. The monoisotopic (exact) mass is 344 g/mol. The lowest BCUT2D eigenvalue weighted by Gasteiger charge is -1.97. The van der Waals surface area contributed by atoms with Gasteiger partial charge in [-0.05, 0) is 33.1 Å². The van der Waals surface area contributed by atoms with E-state index in [9.17, 15) is 4.79 Å². The summed E-state index contributed by atoms with van der Waals surface area (Å²) in [5, 5.41) is 0. The van der Waals surface area contributed by atoms with Crippen LogP contribution in [-0.2, 0) is 4.74 Å². The van der Waals surface area contributed by atoms with Crippen LogP contribution in [0.3, 0.4) is 0 Å². The Morgan fingerprint density at radius 1 is 1.53 bits per heavy atom. The number of hydrogen-bond acceptors (Lipinski definition) is 3. The summed E-state index contributed by atoms with van der Waals surface area (Å²) in [6.45, 7) is 1.78. The Labute approximate surface area is 110 Å². The summed E-state index contributed by atoms with van der Waals surface area (Å²) < 4.78 is 14.8. The highest BCUT2D eigenvalue weighted by molar-refractivity contribution is 14.2. The summed E-state index contributed by atoms with van der Waals surface area (Å²) in [6, 6.07) is 1.76. The number of methoxy groups -OCH3 is 1. The van der Waals surface area contributed by atoms with Gasteiger partial charge in [-0.2, -0.15) is 0 Å². The fourth-order valence-electron chi connectivity index (χ4n) is 1.58. The molecule has 0 aromatic carbocycles. The van der Waals surface area contributed by atoms with Crippen molar-refractivity contribution in [1.82, 2.24) is 0 Å².